The lowest BCUT2D eigenvalue weighted by molar-refractivity contribution is 0.0496. The quantitative estimate of drug-likeness (QED) is 0.822. The molecule has 1 rings (SSSR count). The van der Waals surface area contributed by atoms with Gasteiger partial charge in [-0.1, -0.05) is 24.9 Å². The first-order chi connectivity index (χ1) is 7.87. The van der Waals surface area contributed by atoms with Crippen LogP contribution in [0.25, 0.3) is 0 Å². The maximum atomic E-state index is 10.0. The number of nitrogens with one attached hydrogen (secondary N) is 1. The molecule has 0 aliphatic heterocycles. The summed E-state index contributed by atoms with van der Waals surface area (Å²) in [6.07, 6.45) is 1.76. The molecule has 0 saturated carbocycles. The second-order valence-corrected chi connectivity index (χ2v) is 5.20. The third-order valence-corrected chi connectivity index (χ3v) is 3.34. The van der Waals surface area contributed by atoms with Gasteiger partial charge in [0.05, 0.1) is 22.0 Å². The molecule has 0 bridgehead atoms. The average Bonchev–Trinajstić information content (AvgIpc) is 2.44. The van der Waals surface area contributed by atoms with Crippen molar-refractivity contribution in [1.29, 1.82) is 0 Å². The molecule has 2 N–H and O–H groups in total. The van der Waals surface area contributed by atoms with Crippen molar-refractivity contribution in [3.63, 3.8) is 0 Å². The second kappa shape index (κ2) is 5.85. The zero-order valence-corrected chi connectivity index (χ0v) is 11.8. The fraction of sp³-hybridized carbons (Fsp3) is 0.750. The zero-order chi connectivity index (χ0) is 13.1. The Morgan fingerprint density at radius 3 is 2.65 bits per heavy atom. The SMILES string of the molecule is CCCC(C)(O)CNCc1c(Cl)c(C)nn1C. The molecule has 0 fully saturated rings. The molecule has 0 amide bonds. The van der Waals surface area contributed by atoms with E-state index in [0.29, 0.717) is 18.1 Å². The molecular formula is C12H22ClN3O. The molecule has 0 spiro atoms. The molecule has 98 valence electrons. The molecule has 1 unspecified atom stereocenters. The van der Waals surface area contributed by atoms with Crippen molar-refractivity contribution in [1.82, 2.24) is 15.1 Å². The zero-order valence-electron chi connectivity index (χ0n) is 11.0. The number of halogens is 1. The van der Waals surface area contributed by atoms with E-state index in [-0.39, 0.29) is 0 Å². The molecule has 1 aromatic heterocycles. The van der Waals surface area contributed by atoms with Gasteiger partial charge < -0.3 is 10.4 Å². The second-order valence-electron chi connectivity index (χ2n) is 4.82. The van der Waals surface area contributed by atoms with Gasteiger partial charge in [-0.2, -0.15) is 5.10 Å². The van der Waals surface area contributed by atoms with Crippen LogP contribution in [0.15, 0.2) is 0 Å². The highest BCUT2D eigenvalue weighted by Gasteiger charge is 2.19. The van der Waals surface area contributed by atoms with E-state index in [1.165, 1.54) is 0 Å². The van der Waals surface area contributed by atoms with Crippen LogP contribution in [-0.4, -0.2) is 27.0 Å². The summed E-state index contributed by atoms with van der Waals surface area (Å²) in [5, 5.41) is 18.2. The van der Waals surface area contributed by atoms with E-state index in [1.54, 1.807) is 4.68 Å². The van der Waals surface area contributed by atoms with Crippen LogP contribution in [0.5, 0.6) is 0 Å². The summed E-state index contributed by atoms with van der Waals surface area (Å²) in [5.74, 6) is 0. The number of hydrogen-bond donors (Lipinski definition) is 2. The Kier molecular flexibility index (Phi) is 4.98. The van der Waals surface area contributed by atoms with E-state index < -0.39 is 5.60 Å². The largest absolute Gasteiger partial charge is 0.389 e. The summed E-state index contributed by atoms with van der Waals surface area (Å²) in [5.41, 5.74) is 1.14. The normalized spacial score (nSPS) is 14.9. The van der Waals surface area contributed by atoms with E-state index >= 15 is 0 Å². The Morgan fingerprint density at radius 2 is 2.18 bits per heavy atom. The van der Waals surface area contributed by atoms with Crippen LogP contribution in [0.4, 0.5) is 0 Å². The Bertz CT molecular complexity index is 374. The van der Waals surface area contributed by atoms with Crippen LogP contribution in [0, 0.1) is 6.92 Å². The van der Waals surface area contributed by atoms with Crippen LogP contribution in [0.2, 0.25) is 5.02 Å². The molecule has 0 aliphatic rings. The van der Waals surface area contributed by atoms with Crippen molar-refractivity contribution in [2.24, 2.45) is 7.05 Å². The minimum atomic E-state index is -0.658. The van der Waals surface area contributed by atoms with Gasteiger partial charge in [0, 0.05) is 20.1 Å². The Hall–Kier alpha value is -0.580. The maximum absolute atomic E-state index is 10.0. The van der Waals surface area contributed by atoms with Crippen LogP contribution in [-0.2, 0) is 13.6 Å². The van der Waals surface area contributed by atoms with Crippen LogP contribution in [0.1, 0.15) is 38.1 Å². The maximum Gasteiger partial charge on any atom is 0.0860 e. The van der Waals surface area contributed by atoms with Crippen molar-refractivity contribution < 1.29 is 5.11 Å². The lowest BCUT2D eigenvalue weighted by Crippen LogP contribution is -2.37. The molecule has 0 radical (unpaired) electrons. The van der Waals surface area contributed by atoms with Gasteiger partial charge in [0.2, 0.25) is 0 Å². The molecule has 1 aromatic rings. The van der Waals surface area contributed by atoms with Gasteiger partial charge in [0.25, 0.3) is 0 Å². The molecule has 5 heteroatoms. The summed E-state index contributed by atoms with van der Waals surface area (Å²) in [6, 6.07) is 0. The highest BCUT2D eigenvalue weighted by molar-refractivity contribution is 6.31. The van der Waals surface area contributed by atoms with E-state index in [2.05, 4.69) is 17.3 Å². The molecular weight excluding hydrogens is 238 g/mol. The fourth-order valence-electron chi connectivity index (χ4n) is 1.95. The van der Waals surface area contributed by atoms with Gasteiger partial charge in [-0.3, -0.25) is 4.68 Å². The van der Waals surface area contributed by atoms with Crippen LogP contribution >= 0.6 is 11.6 Å². The summed E-state index contributed by atoms with van der Waals surface area (Å²) in [4.78, 5) is 0. The predicted molar refractivity (Wildman–Crippen MR) is 70.2 cm³/mol. The van der Waals surface area contributed by atoms with Crippen molar-refractivity contribution in [3.8, 4) is 0 Å². The number of aryl methyl sites for hydroxylation is 2. The monoisotopic (exact) mass is 259 g/mol. The highest BCUT2D eigenvalue weighted by Crippen LogP contribution is 2.19. The molecule has 17 heavy (non-hydrogen) atoms. The lowest BCUT2D eigenvalue weighted by Gasteiger charge is -2.23. The third-order valence-electron chi connectivity index (χ3n) is 2.85. The molecule has 4 nitrogen and oxygen atoms in total. The minimum absolute atomic E-state index is 0.557. The molecule has 1 heterocycles. The van der Waals surface area contributed by atoms with Gasteiger partial charge in [0.1, 0.15) is 0 Å². The third kappa shape index (κ3) is 3.98. The molecule has 0 aliphatic carbocycles. The van der Waals surface area contributed by atoms with Crippen molar-refractivity contribution in [3.05, 3.63) is 16.4 Å². The van der Waals surface area contributed by atoms with Gasteiger partial charge in [0.15, 0.2) is 0 Å². The number of aromatic nitrogens is 2. The number of nitrogens with zero attached hydrogens (tertiary/aromatic N) is 2. The Labute approximate surface area is 108 Å². The van der Waals surface area contributed by atoms with Gasteiger partial charge in [-0.15, -0.1) is 0 Å². The predicted octanol–water partition coefficient (Wildman–Crippen LogP) is 2.02. The van der Waals surface area contributed by atoms with E-state index in [9.17, 15) is 5.11 Å². The number of rotatable bonds is 6. The summed E-state index contributed by atoms with van der Waals surface area (Å²) in [7, 11) is 1.88. The first kappa shape index (κ1) is 14.5. The van der Waals surface area contributed by atoms with E-state index in [0.717, 1.165) is 24.2 Å². The van der Waals surface area contributed by atoms with Crippen molar-refractivity contribution in [2.45, 2.75) is 45.8 Å². The van der Waals surface area contributed by atoms with E-state index in [1.807, 2.05) is 20.9 Å². The molecule has 0 aromatic carbocycles. The lowest BCUT2D eigenvalue weighted by atomic mass is 10.0. The van der Waals surface area contributed by atoms with Gasteiger partial charge in [-0.25, -0.2) is 0 Å². The first-order valence-corrected chi connectivity index (χ1v) is 6.36. The first-order valence-electron chi connectivity index (χ1n) is 5.98. The summed E-state index contributed by atoms with van der Waals surface area (Å²) < 4.78 is 1.78. The summed E-state index contributed by atoms with van der Waals surface area (Å²) in [6.45, 7) is 6.98. The van der Waals surface area contributed by atoms with E-state index in [4.69, 9.17) is 11.6 Å². The van der Waals surface area contributed by atoms with Crippen LogP contribution < -0.4 is 5.32 Å². The molecule has 0 saturated heterocycles. The number of aliphatic hydroxyl groups is 1. The number of hydrogen-bond acceptors (Lipinski definition) is 3. The minimum Gasteiger partial charge on any atom is -0.389 e. The molecule has 1 atom stereocenters. The average molecular weight is 260 g/mol. The topological polar surface area (TPSA) is 50.1 Å². The van der Waals surface area contributed by atoms with Crippen LogP contribution in [0.3, 0.4) is 0 Å². The smallest absolute Gasteiger partial charge is 0.0860 e. The Morgan fingerprint density at radius 1 is 1.53 bits per heavy atom. The standard InChI is InChI=1S/C12H22ClN3O/c1-5-6-12(3,17)8-14-7-10-11(13)9(2)15-16(10)4/h14,17H,5-8H2,1-4H3. The summed E-state index contributed by atoms with van der Waals surface area (Å²) >= 11 is 6.14. The van der Waals surface area contributed by atoms with Gasteiger partial charge in [-0.05, 0) is 20.3 Å². The fourth-order valence-corrected chi connectivity index (χ4v) is 2.18. The van der Waals surface area contributed by atoms with Gasteiger partial charge >= 0.3 is 0 Å². The highest BCUT2D eigenvalue weighted by atomic mass is 35.5. The Balaban J connectivity index is 2.51. The van der Waals surface area contributed by atoms with Crippen molar-refractivity contribution >= 4 is 11.6 Å². The van der Waals surface area contributed by atoms with Crippen molar-refractivity contribution in [2.75, 3.05) is 6.54 Å².